The van der Waals surface area contributed by atoms with Crippen molar-refractivity contribution in [2.75, 3.05) is 20.3 Å². The number of fused-ring (bicyclic) bond motifs is 1. The number of ketones is 1. The molecule has 1 aromatic heterocycles. The Morgan fingerprint density at radius 2 is 2.03 bits per heavy atom. The number of benzene rings is 1. The van der Waals surface area contributed by atoms with E-state index in [2.05, 4.69) is 20.1 Å². The van der Waals surface area contributed by atoms with Crippen LogP contribution in [0.15, 0.2) is 18.2 Å². The van der Waals surface area contributed by atoms with Gasteiger partial charge in [0.25, 0.3) is 0 Å². The predicted molar refractivity (Wildman–Crippen MR) is 112 cm³/mol. The van der Waals surface area contributed by atoms with Gasteiger partial charge in [0, 0.05) is 37.9 Å². The number of rotatable bonds is 10. The number of aryl methyl sites for hydroxylation is 1. The Morgan fingerprint density at radius 3 is 2.83 bits per heavy atom. The Balaban J connectivity index is 1.37. The Labute approximate surface area is 177 Å². The lowest BCUT2D eigenvalue weighted by atomic mass is 10.1. The number of ether oxygens (including phenoxy) is 2. The van der Waals surface area contributed by atoms with Crippen LogP contribution in [0, 0.1) is 0 Å². The molecule has 0 aliphatic carbocycles. The molecule has 1 aliphatic heterocycles. The van der Waals surface area contributed by atoms with Gasteiger partial charge in [0.2, 0.25) is 5.91 Å². The normalized spacial score (nSPS) is 13.3. The summed E-state index contributed by atoms with van der Waals surface area (Å²) in [6.07, 6.45) is 6.21. The summed E-state index contributed by atoms with van der Waals surface area (Å²) in [6, 6.07) is 5.09. The molecule has 0 atom stereocenters. The van der Waals surface area contributed by atoms with Crippen LogP contribution in [0.3, 0.4) is 0 Å². The van der Waals surface area contributed by atoms with Crippen molar-refractivity contribution in [2.24, 2.45) is 0 Å². The van der Waals surface area contributed by atoms with Gasteiger partial charge in [-0.25, -0.2) is 0 Å². The van der Waals surface area contributed by atoms with Crippen molar-refractivity contribution in [3.05, 3.63) is 35.4 Å². The summed E-state index contributed by atoms with van der Waals surface area (Å²) in [7, 11) is 1.54. The largest absolute Gasteiger partial charge is 0.493 e. The number of hydrogen-bond acceptors (Lipinski definition) is 6. The van der Waals surface area contributed by atoms with Gasteiger partial charge in [-0.05, 0) is 44.4 Å². The Morgan fingerprint density at radius 1 is 1.17 bits per heavy atom. The minimum absolute atomic E-state index is 0.00639. The van der Waals surface area contributed by atoms with Crippen LogP contribution in [-0.2, 0) is 24.2 Å². The molecule has 2 aromatic rings. The Kier molecular flexibility index (Phi) is 7.82. The van der Waals surface area contributed by atoms with Crippen molar-refractivity contribution < 1.29 is 19.1 Å². The van der Waals surface area contributed by atoms with Crippen molar-refractivity contribution in [2.45, 2.75) is 58.4 Å². The van der Waals surface area contributed by atoms with Gasteiger partial charge in [-0.15, -0.1) is 10.2 Å². The molecule has 0 fully saturated rings. The zero-order valence-electron chi connectivity index (χ0n) is 17.8. The van der Waals surface area contributed by atoms with E-state index in [1.807, 2.05) is 0 Å². The molecule has 0 bridgehead atoms. The van der Waals surface area contributed by atoms with Crippen molar-refractivity contribution in [3.8, 4) is 11.5 Å². The topological polar surface area (TPSA) is 95.3 Å². The van der Waals surface area contributed by atoms with E-state index in [0.29, 0.717) is 49.5 Å². The van der Waals surface area contributed by atoms with Gasteiger partial charge in [0.1, 0.15) is 11.6 Å². The fraction of sp³-hybridized carbons (Fsp3) is 0.545. The highest BCUT2D eigenvalue weighted by molar-refractivity contribution is 5.94. The number of amides is 1. The molecule has 30 heavy (non-hydrogen) atoms. The summed E-state index contributed by atoms with van der Waals surface area (Å²) in [5.41, 5.74) is 0.572. The molecule has 1 aliphatic rings. The zero-order chi connectivity index (χ0) is 21.3. The summed E-state index contributed by atoms with van der Waals surface area (Å²) >= 11 is 0. The van der Waals surface area contributed by atoms with Gasteiger partial charge in [0.05, 0.1) is 13.7 Å². The van der Waals surface area contributed by atoms with Crippen LogP contribution in [0.25, 0.3) is 0 Å². The molecule has 2 heterocycles. The average molecular weight is 415 g/mol. The molecule has 8 heteroatoms. The van der Waals surface area contributed by atoms with E-state index in [-0.39, 0.29) is 11.7 Å². The van der Waals surface area contributed by atoms with Crippen molar-refractivity contribution in [3.63, 3.8) is 0 Å². The number of aromatic nitrogens is 3. The maximum absolute atomic E-state index is 12.1. The summed E-state index contributed by atoms with van der Waals surface area (Å²) in [5.74, 6) is 3.07. The van der Waals surface area contributed by atoms with Gasteiger partial charge >= 0.3 is 0 Å². The van der Waals surface area contributed by atoms with Gasteiger partial charge < -0.3 is 19.4 Å². The maximum atomic E-state index is 12.1. The first-order valence-corrected chi connectivity index (χ1v) is 10.6. The minimum Gasteiger partial charge on any atom is -0.493 e. The average Bonchev–Trinajstić information content (AvgIpc) is 2.97. The fourth-order valence-electron chi connectivity index (χ4n) is 3.55. The van der Waals surface area contributed by atoms with Crippen LogP contribution >= 0.6 is 0 Å². The molecule has 3 rings (SSSR count). The first-order valence-electron chi connectivity index (χ1n) is 10.6. The Hall–Kier alpha value is -2.90. The van der Waals surface area contributed by atoms with Gasteiger partial charge in [-0.2, -0.15) is 0 Å². The number of nitrogens with one attached hydrogen (secondary N) is 1. The number of methoxy groups -OCH3 is 1. The van der Waals surface area contributed by atoms with E-state index < -0.39 is 0 Å². The van der Waals surface area contributed by atoms with E-state index in [1.54, 1.807) is 18.2 Å². The summed E-state index contributed by atoms with van der Waals surface area (Å²) in [4.78, 5) is 23.6. The first kappa shape index (κ1) is 21.8. The van der Waals surface area contributed by atoms with Gasteiger partial charge in [0.15, 0.2) is 17.3 Å². The number of Topliss-reactive ketones (excluding diaryl/α,β-unsaturated/α-hetero) is 1. The molecule has 8 nitrogen and oxygen atoms in total. The smallest absolute Gasteiger partial charge is 0.220 e. The van der Waals surface area contributed by atoms with E-state index in [9.17, 15) is 9.59 Å². The number of hydrogen-bond donors (Lipinski definition) is 1. The third-order valence-electron chi connectivity index (χ3n) is 5.23. The van der Waals surface area contributed by atoms with Crippen LogP contribution in [0.5, 0.6) is 11.5 Å². The lowest BCUT2D eigenvalue weighted by Gasteiger charge is -2.11. The molecule has 0 saturated carbocycles. The first-order chi connectivity index (χ1) is 14.6. The van der Waals surface area contributed by atoms with Crippen LogP contribution in [0.4, 0.5) is 0 Å². The number of nitrogens with zero attached hydrogens (tertiary/aromatic N) is 3. The third-order valence-corrected chi connectivity index (χ3v) is 5.23. The Bertz CT molecular complexity index is 878. The highest BCUT2D eigenvalue weighted by Crippen LogP contribution is 2.28. The van der Waals surface area contributed by atoms with Crippen LogP contribution in [0.1, 0.15) is 61.0 Å². The second-order valence-corrected chi connectivity index (χ2v) is 7.47. The molecule has 1 aromatic carbocycles. The molecule has 0 unspecified atom stereocenters. The predicted octanol–water partition coefficient (Wildman–Crippen LogP) is 2.73. The van der Waals surface area contributed by atoms with Crippen molar-refractivity contribution >= 4 is 11.7 Å². The monoisotopic (exact) mass is 414 g/mol. The van der Waals surface area contributed by atoms with E-state index >= 15 is 0 Å². The standard InChI is InChI=1S/C22H30N4O4/c1-16(27)17-9-10-18(19(15-17)29-2)30-14-6-8-22(28)23-12-11-21-25-24-20-7-4-3-5-13-26(20)21/h9-10,15H,3-8,11-14H2,1-2H3,(H,23,28). The molecule has 1 N–H and O–H groups in total. The zero-order valence-corrected chi connectivity index (χ0v) is 17.8. The molecular weight excluding hydrogens is 384 g/mol. The van der Waals surface area contributed by atoms with E-state index in [0.717, 1.165) is 31.0 Å². The van der Waals surface area contributed by atoms with E-state index in [4.69, 9.17) is 9.47 Å². The fourth-order valence-corrected chi connectivity index (χ4v) is 3.55. The summed E-state index contributed by atoms with van der Waals surface area (Å²) in [6.45, 7) is 3.42. The lowest BCUT2D eigenvalue weighted by Crippen LogP contribution is -2.26. The maximum Gasteiger partial charge on any atom is 0.220 e. The van der Waals surface area contributed by atoms with Gasteiger partial charge in [-0.3, -0.25) is 9.59 Å². The second kappa shape index (κ2) is 10.8. The number of carbonyl (C=O) groups excluding carboxylic acids is 2. The lowest BCUT2D eigenvalue weighted by molar-refractivity contribution is -0.121. The molecule has 0 spiro atoms. The molecule has 162 valence electrons. The highest BCUT2D eigenvalue weighted by Gasteiger charge is 2.14. The van der Waals surface area contributed by atoms with Crippen LogP contribution < -0.4 is 14.8 Å². The van der Waals surface area contributed by atoms with Crippen LogP contribution in [-0.4, -0.2) is 46.7 Å². The number of carbonyl (C=O) groups is 2. The quantitative estimate of drug-likeness (QED) is 0.474. The molecule has 1 amide bonds. The van der Waals surface area contributed by atoms with Crippen LogP contribution in [0.2, 0.25) is 0 Å². The molecule has 0 saturated heterocycles. The molecule has 0 radical (unpaired) electrons. The molecular formula is C22H30N4O4. The van der Waals surface area contributed by atoms with Crippen molar-refractivity contribution in [1.29, 1.82) is 0 Å². The summed E-state index contributed by atoms with van der Waals surface area (Å²) < 4.78 is 13.2. The highest BCUT2D eigenvalue weighted by atomic mass is 16.5. The summed E-state index contributed by atoms with van der Waals surface area (Å²) in [5, 5.41) is 11.5. The van der Waals surface area contributed by atoms with Gasteiger partial charge in [-0.1, -0.05) is 6.42 Å². The SMILES string of the molecule is COc1cc(C(C)=O)ccc1OCCCC(=O)NCCc1nnc2n1CCCCC2. The minimum atomic E-state index is -0.0290. The second-order valence-electron chi connectivity index (χ2n) is 7.47. The van der Waals surface area contributed by atoms with E-state index in [1.165, 1.54) is 26.9 Å². The van der Waals surface area contributed by atoms with Crippen molar-refractivity contribution in [1.82, 2.24) is 20.1 Å². The third kappa shape index (κ3) is 5.81.